The molecule has 0 aromatic carbocycles. The third-order valence-corrected chi connectivity index (χ3v) is 3.49. The van der Waals surface area contributed by atoms with Crippen molar-refractivity contribution in [1.82, 2.24) is 19.7 Å². The van der Waals surface area contributed by atoms with Gasteiger partial charge in [0.25, 0.3) is 0 Å². The number of hydrogen-bond donors (Lipinski definition) is 1. The zero-order valence-electron chi connectivity index (χ0n) is 10.4. The number of nitrogens with zero attached hydrogens (tertiary/aromatic N) is 4. The molecule has 1 aliphatic carbocycles. The second kappa shape index (κ2) is 4.79. The van der Waals surface area contributed by atoms with Crippen molar-refractivity contribution >= 4 is 5.97 Å². The van der Waals surface area contributed by atoms with Crippen molar-refractivity contribution in [3.63, 3.8) is 0 Å². The Kier molecular flexibility index (Phi) is 2.98. The van der Waals surface area contributed by atoms with Crippen molar-refractivity contribution in [3.05, 3.63) is 30.2 Å². The monoisotopic (exact) mass is 258 g/mol. The average molecular weight is 258 g/mol. The van der Waals surface area contributed by atoms with Crippen LogP contribution in [-0.4, -0.2) is 30.8 Å². The maximum Gasteiger partial charge on any atom is 0.354 e. The molecule has 0 atom stereocenters. The lowest BCUT2D eigenvalue weighted by Crippen LogP contribution is -2.07. The van der Waals surface area contributed by atoms with Crippen molar-refractivity contribution in [3.8, 4) is 11.5 Å². The summed E-state index contributed by atoms with van der Waals surface area (Å²) in [5.74, 6) is -0.385. The van der Waals surface area contributed by atoms with Gasteiger partial charge in [-0.15, -0.1) is 10.2 Å². The van der Waals surface area contributed by atoms with Crippen molar-refractivity contribution in [2.24, 2.45) is 0 Å². The molecule has 98 valence electrons. The predicted octanol–water partition coefficient (Wildman–Crippen LogP) is 2.15. The highest BCUT2D eigenvalue weighted by Crippen LogP contribution is 2.32. The Bertz CT molecular complexity index is 602. The predicted molar refractivity (Wildman–Crippen MR) is 67.7 cm³/mol. The largest absolute Gasteiger partial charge is 0.477 e. The fourth-order valence-electron chi connectivity index (χ4n) is 2.55. The molecule has 3 rings (SSSR count). The first-order valence-electron chi connectivity index (χ1n) is 6.36. The molecule has 0 aliphatic heterocycles. The number of carbonyl (C=O) groups is 1. The molecule has 0 bridgehead atoms. The van der Waals surface area contributed by atoms with Crippen LogP contribution in [-0.2, 0) is 0 Å². The van der Waals surface area contributed by atoms with Crippen molar-refractivity contribution in [1.29, 1.82) is 0 Å². The number of carboxylic acids is 1. The average Bonchev–Trinajstić information content (AvgIpc) is 3.09. The van der Waals surface area contributed by atoms with Gasteiger partial charge in [0, 0.05) is 6.04 Å². The van der Waals surface area contributed by atoms with Crippen LogP contribution in [0.4, 0.5) is 0 Å². The summed E-state index contributed by atoms with van der Waals surface area (Å²) in [5, 5.41) is 17.0. The van der Waals surface area contributed by atoms with Gasteiger partial charge < -0.3 is 9.67 Å². The van der Waals surface area contributed by atoms with E-state index >= 15 is 0 Å². The van der Waals surface area contributed by atoms with Gasteiger partial charge in [0.05, 0.1) is 0 Å². The second-order valence-electron chi connectivity index (χ2n) is 4.71. The number of aromatic carboxylic acids is 1. The minimum atomic E-state index is -1.03. The maximum atomic E-state index is 11.0. The number of hydrogen-bond acceptors (Lipinski definition) is 4. The van der Waals surface area contributed by atoms with Crippen LogP contribution in [0.15, 0.2) is 24.5 Å². The molecule has 0 spiro atoms. The lowest BCUT2D eigenvalue weighted by atomic mass is 10.2. The highest BCUT2D eigenvalue weighted by molar-refractivity contribution is 5.85. The molecule has 2 aromatic rings. The number of pyridine rings is 1. The third-order valence-electron chi connectivity index (χ3n) is 3.49. The summed E-state index contributed by atoms with van der Waals surface area (Å²) in [6.45, 7) is 0. The number of aromatic nitrogens is 4. The first-order chi connectivity index (χ1) is 9.25. The van der Waals surface area contributed by atoms with Crippen LogP contribution in [0.5, 0.6) is 0 Å². The van der Waals surface area contributed by atoms with Gasteiger partial charge in [0.2, 0.25) is 0 Å². The summed E-state index contributed by atoms with van der Waals surface area (Å²) < 4.78 is 2.01. The van der Waals surface area contributed by atoms with Crippen LogP contribution >= 0.6 is 0 Å². The molecule has 6 nitrogen and oxygen atoms in total. The molecule has 19 heavy (non-hydrogen) atoms. The SMILES string of the molecule is O=C(O)c1cccc(-c2nncn2C2CCCC2)n1. The van der Waals surface area contributed by atoms with Crippen LogP contribution < -0.4 is 0 Å². The van der Waals surface area contributed by atoms with Crippen LogP contribution in [0.2, 0.25) is 0 Å². The Morgan fingerprint density at radius 2 is 2.11 bits per heavy atom. The molecule has 0 saturated heterocycles. The van der Waals surface area contributed by atoms with E-state index in [-0.39, 0.29) is 5.69 Å². The van der Waals surface area contributed by atoms with Crippen LogP contribution in [0.25, 0.3) is 11.5 Å². The van der Waals surface area contributed by atoms with Gasteiger partial charge in [-0.25, -0.2) is 9.78 Å². The molecule has 0 unspecified atom stereocenters. The lowest BCUT2D eigenvalue weighted by Gasteiger charge is -2.13. The summed E-state index contributed by atoms with van der Waals surface area (Å²) in [6.07, 6.45) is 6.36. The Morgan fingerprint density at radius 1 is 1.32 bits per heavy atom. The molecule has 1 saturated carbocycles. The van der Waals surface area contributed by atoms with Crippen molar-refractivity contribution < 1.29 is 9.90 Å². The van der Waals surface area contributed by atoms with Crippen molar-refractivity contribution in [2.45, 2.75) is 31.7 Å². The molecule has 2 aromatic heterocycles. The first kappa shape index (κ1) is 11.8. The highest BCUT2D eigenvalue weighted by Gasteiger charge is 2.21. The lowest BCUT2D eigenvalue weighted by molar-refractivity contribution is 0.0690. The first-order valence-corrected chi connectivity index (χ1v) is 6.36. The molecule has 1 aliphatic rings. The van der Waals surface area contributed by atoms with Gasteiger partial charge >= 0.3 is 5.97 Å². The van der Waals surface area contributed by atoms with E-state index in [4.69, 9.17) is 5.11 Å². The third kappa shape index (κ3) is 2.21. The van der Waals surface area contributed by atoms with Gasteiger partial charge in [0.15, 0.2) is 5.82 Å². The van der Waals surface area contributed by atoms with Crippen LogP contribution in [0.1, 0.15) is 42.2 Å². The highest BCUT2D eigenvalue weighted by atomic mass is 16.4. The summed E-state index contributed by atoms with van der Waals surface area (Å²) in [6, 6.07) is 5.32. The van der Waals surface area contributed by atoms with E-state index in [1.807, 2.05) is 4.57 Å². The standard InChI is InChI=1S/C13H14N4O2/c18-13(19)11-7-3-6-10(15-11)12-16-14-8-17(12)9-4-1-2-5-9/h3,6-9H,1-2,4-5H2,(H,18,19). The normalized spacial score (nSPS) is 15.8. The molecule has 0 radical (unpaired) electrons. The summed E-state index contributed by atoms with van der Waals surface area (Å²) >= 11 is 0. The molecule has 2 heterocycles. The quantitative estimate of drug-likeness (QED) is 0.912. The summed E-state index contributed by atoms with van der Waals surface area (Å²) in [7, 11) is 0. The fraction of sp³-hybridized carbons (Fsp3) is 0.385. The topological polar surface area (TPSA) is 80.9 Å². The Labute approximate surface area is 110 Å². The second-order valence-corrected chi connectivity index (χ2v) is 4.71. The van der Waals surface area contributed by atoms with Gasteiger partial charge in [-0.3, -0.25) is 0 Å². The van der Waals surface area contributed by atoms with Crippen molar-refractivity contribution in [2.75, 3.05) is 0 Å². The zero-order valence-corrected chi connectivity index (χ0v) is 10.4. The van der Waals surface area contributed by atoms with E-state index in [1.165, 1.54) is 18.9 Å². The van der Waals surface area contributed by atoms with Crippen LogP contribution in [0, 0.1) is 0 Å². The maximum absolute atomic E-state index is 11.0. The Balaban J connectivity index is 2.00. The van der Waals surface area contributed by atoms with E-state index in [2.05, 4.69) is 15.2 Å². The molecule has 1 fully saturated rings. The molecular weight excluding hydrogens is 244 g/mol. The molecular formula is C13H14N4O2. The number of carboxylic acid groups (broad SMARTS) is 1. The molecule has 1 N–H and O–H groups in total. The molecule has 0 amide bonds. The van der Waals surface area contributed by atoms with Crippen LogP contribution in [0.3, 0.4) is 0 Å². The van der Waals surface area contributed by atoms with Gasteiger partial charge in [-0.2, -0.15) is 0 Å². The summed E-state index contributed by atoms with van der Waals surface area (Å²) in [4.78, 5) is 15.1. The van der Waals surface area contributed by atoms with E-state index in [9.17, 15) is 4.79 Å². The van der Waals surface area contributed by atoms with E-state index in [1.54, 1.807) is 18.5 Å². The number of rotatable bonds is 3. The minimum Gasteiger partial charge on any atom is -0.477 e. The van der Waals surface area contributed by atoms with E-state index in [0.717, 1.165) is 12.8 Å². The smallest absolute Gasteiger partial charge is 0.354 e. The fourth-order valence-corrected chi connectivity index (χ4v) is 2.55. The zero-order chi connectivity index (χ0) is 13.2. The Hall–Kier alpha value is -2.24. The Morgan fingerprint density at radius 3 is 2.84 bits per heavy atom. The van der Waals surface area contributed by atoms with Gasteiger partial charge in [-0.05, 0) is 25.0 Å². The van der Waals surface area contributed by atoms with E-state index < -0.39 is 5.97 Å². The summed E-state index contributed by atoms with van der Waals surface area (Å²) in [5.41, 5.74) is 0.586. The van der Waals surface area contributed by atoms with Gasteiger partial charge in [0.1, 0.15) is 17.7 Å². The molecule has 6 heteroatoms. The van der Waals surface area contributed by atoms with E-state index in [0.29, 0.717) is 17.6 Å². The van der Waals surface area contributed by atoms with Gasteiger partial charge in [-0.1, -0.05) is 18.9 Å². The minimum absolute atomic E-state index is 0.0264.